The quantitative estimate of drug-likeness (QED) is 0.429. The van der Waals surface area contributed by atoms with Gasteiger partial charge in [-0.1, -0.05) is 15.9 Å². The van der Waals surface area contributed by atoms with Crippen LogP contribution in [-0.2, 0) is 14.2 Å². The van der Waals surface area contributed by atoms with E-state index in [0.29, 0.717) is 26.4 Å². The minimum absolute atomic E-state index is 0.642. The molecule has 15 heavy (non-hydrogen) atoms. The lowest BCUT2D eigenvalue weighted by Crippen LogP contribution is -2.22. The molecule has 92 valence electrons. The van der Waals surface area contributed by atoms with Gasteiger partial charge in [-0.05, 0) is 13.0 Å². The Balaban J connectivity index is 2.81. The van der Waals surface area contributed by atoms with E-state index in [9.17, 15) is 0 Å². The lowest BCUT2D eigenvalue weighted by Gasteiger charge is -2.06. The summed E-state index contributed by atoms with van der Waals surface area (Å²) in [6.07, 6.45) is 1.15. The van der Waals surface area contributed by atoms with Crippen molar-refractivity contribution >= 4 is 15.9 Å². The van der Waals surface area contributed by atoms with Gasteiger partial charge in [-0.2, -0.15) is 0 Å². The molecule has 0 aliphatic carbocycles. The van der Waals surface area contributed by atoms with Crippen LogP contribution in [0.3, 0.4) is 0 Å². The van der Waals surface area contributed by atoms with Crippen LogP contribution in [-0.4, -0.2) is 58.6 Å². The van der Waals surface area contributed by atoms with Crippen molar-refractivity contribution in [3.05, 3.63) is 0 Å². The van der Waals surface area contributed by atoms with Crippen molar-refractivity contribution < 1.29 is 14.2 Å². The molecule has 0 spiro atoms. The molecule has 0 aromatic heterocycles. The first kappa shape index (κ1) is 15.3. The van der Waals surface area contributed by atoms with E-state index in [2.05, 4.69) is 21.2 Å². The Hall–Kier alpha value is 0.320. The lowest BCUT2D eigenvalue weighted by atomic mass is 10.5. The molecule has 0 atom stereocenters. The van der Waals surface area contributed by atoms with E-state index in [0.717, 1.165) is 31.4 Å². The van der Waals surface area contributed by atoms with Crippen molar-refractivity contribution in [2.24, 2.45) is 0 Å². The monoisotopic (exact) mass is 283 g/mol. The molecule has 1 N–H and O–H groups in total. The van der Waals surface area contributed by atoms with Crippen molar-refractivity contribution in [3.63, 3.8) is 0 Å². The number of nitrogens with one attached hydrogen (secondary N) is 1. The van der Waals surface area contributed by atoms with Gasteiger partial charge in [-0.25, -0.2) is 0 Å². The van der Waals surface area contributed by atoms with Gasteiger partial charge < -0.3 is 19.5 Å². The average Bonchev–Trinajstić information content (AvgIpc) is 2.26. The average molecular weight is 284 g/mol. The summed E-state index contributed by atoms with van der Waals surface area (Å²) < 4.78 is 15.4. The molecule has 0 saturated heterocycles. The van der Waals surface area contributed by atoms with E-state index in [1.807, 2.05) is 0 Å². The van der Waals surface area contributed by atoms with Crippen LogP contribution < -0.4 is 5.32 Å². The number of rotatable bonds is 12. The standard InChI is InChI=1S/C10H22BrNO3/c1-13-7-8-15-10-9-14-6-5-12-4-2-3-11/h12H,2-10H2,1H3. The highest BCUT2D eigenvalue weighted by molar-refractivity contribution is 9.09. The molecule has 0 fully saturated rings. The molecule has 0 amide bonds. The van der Waals surface area contributed by atoms with Gasteiger partial charge in [0.1, 0.15) is 0 Å². The highest BCUT2D eigenvalue weighted by Gasteiger charge is 1.90. The number of ether oxygens (including phenoxy) is 3. The fourth-order valence-electron chi connectivity index (χ4n) is 0.925. The molecule has 0 aromatic carbocycles. The summed E-state index contributed by atoms with van der Waals surface area (Å²) in [6.45, 7) is 5.28. The third-order valence-electron chi connectivity index (χ3n) is 1.71. The fraction of sp³-hybridized carbons (Fsp3) is 1.00. The predicted octanol–water partition coefficient (Wildman–Crippen LogP) is 1.04. The molecule has 0 heterocycles. The molecule has 0 unspecified atom stereocenters. The van der Waals surface area contributed by atoms with Gasteiger partial charge in [-0.15, -0.1) is 0 Å². The Morgan fingerprint density at radius 1 is 0.933 bits per heavy atom. The first-order valence-corrected chi connectivity index (χ1v) is 6.45. The van der Waals surface area contributed by atoms with E-state index >= 15 is 0 Å². The van der Waals surface area contributed by atoms with Crippen molar-refractivity contribution in [1.82, 2.24) is 5.32 Å². The third-order valence-corrected chi connectivity index (χ3v) is 2.27. The summed E-state index contributed by atoms with van der Waals surface area (Å²) in [7, 11) is 1.67. The van der Waals surface area contributed by atoms with E-state index in [4.69, 9.17) is 14.2 Å². The van der Waals surface area contributed by atoms with Crippen LogP contribution in [0.1, 0.15) is 6.42 Å². The summed E-state index contributed by atoms with van der Waals surface area (Å²) in [5.74, 6) is 0. The van der Waals surface area contributed by atoms with Crippen molar-refractivity contribution in [2.45, 2.75) is 6.42 Å². The minimum atomic E-state index is 0.642. The molecule has 0 aliphatic rings. The largest absolute Gasteiger partial charge is 0.382 e. The second kappa shape index (κ2) is 14.3. The Kier molecular flexibility index (Phi) is 14.6. The van der Waals surface area contributed by atoms with Crippen LogP contribution in [0.25, 0.3) is 0 Å². The third kappa shape index (κ3) is 14.3. The Labute approximate surface area is 101 Å². The second-order valence-corrected chi connectivity index (χ2v) is 3.80. The number of hydrogen-bond acceptors (Lipinski definition) is 4. The molecule has 0 aliphatic heterocycles. The van der Waals surface area contributed by atoms with Crippen LogP contribution in [0.4, 0.5) is 0 Å². The zero-order valence-electron chi connectivity index (χ0n) is 9.47. The van der Waals surface area contributed by atoms with Gasteiger partial charge in [0.15, 0.2) is 0 Å². The summed E-state index contributed by atoms with van der Waals surface area (Å²) >= 11 is 3.38. The molecule has 5 heteroatoms. The Bertz CT molecular complexity index is 105. The van der Waals surface area contributed by atoms with Gasteiger partial charge >= 0.3 is 0 Å². The predicted molar refractivity (Wildman–Crippen MR) is 64.8 cm³/mol. The first-order valence-electron chi connectivity index (χ1n) is 5.33. The maximum Gasteiger partial charge on any atom is 0.0701 e. The van der Waals surface area contributed by atoms with Crippen LogP contribution >= 0.6 is 15.9 Å². The molecular formula is C10H22BrNO3. The molecule has 0 rings (SSSR count). The SMILES string of the molecule is COCCOCCOCCNCCCBr. The number of alkyl halides is 1. The lowest BCUT2D eigenvalue weighted by molar-refractivity contribution is 0.0256. The second-order valence-electron chi connectivity index (χ2n) is 3.01. The fourth-order valence-corrected chi connectivity index (χ4v) is 1.21. The van der Waals surface area contributed by atoms with Crippen LogP contribution in [0.2, 0.25) is 0 Å². The molecule has 0 saturated carbocycles. The van der Waals surface area contributed by atoms with Gasteiger partial charge in [0.25, 0.3) is 0 Å². The van der Waals surface area contributed by atoms with E-state index < -0.39 is 0 Å². The molecular weight excluding hydrogens is 262 g/mol. The van der Waals surface area contributed by atoms with Gasteiger partial charge in [0.2, 0.25) is 0 Å². The Morgan fingerprint density at radius 3 is 2.27 bits per heavy atom. The van der Waals surface area contributed by atoms with Crippen LogP contribution in [0, 0.1) is 0 Å². The molecule has 0 bridgehead atoms. The van der Waals surface area contributed by atoms with Crippen molar-refractivity contribution in [2.75, 3.05) is 58.6 Å². The maximum atomic E-state index is 5.35. The number of methoxy groups -OCH3 is 1. The maximum absolute atomic E-state index is 5.35. The van der Waals surface area contributed by atoms with E-state index in [1.165, 1.54) is 0 Å². The first-order chi connectivity index (χ1) is 7.41. The van der Waals surface area contributed by atoms with Gasteiger partial charge in [-0.3, -0.25) is 0 Å². The highest BCUT2D eigenvalue weighted by atomic mass is 79.9. The smallest absolute Gasteiger partial charge is 0.0701 e. The van der Waals surface area contributed by atoms with Crippen LogP contribution in [0.5, 0.6) is 0 Å². The minimum Gasteiger partial charge on any atom is -0.382 e. The van der Waals surface area contributed by atoms with Crippen molar-refractivity contribution in [3.8, 4) is 0 Å². The number of hydrogen-bond donors (Lipinski definition) is 1. The van der Waals surface area contributed by atoms with E-state index in [-0.39, 0.29) is 0 Å². The highest BCUT2D eigenvalue weighted by Crippen LogP contribution is 1.84. The molecule has 4 nitrogen and oxygen atoms in total. The van der Waals surface area contributed by atoms with Crippen LogP contribution in [0.15, 0.2) is 0 Å². The van der Waals surface area contributed by atoms with Gasteiger partial charge in [0, 0.05) is 19.0 Å². The van der Waals surface area contributed by atoms with Crippen molar-refractivity contribution in [1.29, 1.82) is 0 Å². The summed E-state index contributed by atoms with van der Waals surface area (Å²) in [6, 6.07) is 0. The molecule has 0 aromatic rings. The Morgan fingerprint density at radius 2 is 1.60 bits per heavy atom. The molecule has 0 radical (unpaired) electrons. The number of halogens is 1. The summed E-state index contributed by atoms with van der Waals surface area (Å²) in [5, 5.41) is 4.33. The van der Waals surface area contributed by atoms with E-state index in [1.54, 1.807) is 7.11 Å². The topological polar surface area (TPSA) is 39.7 Å². The zero-order chi connectivity index (χ0) is 11.2. The summed E-state index contributed by atoms with van der Waals surface area (Å²) in [5.41, 5.74) is 0. The van der Waals surface area contributed by atoms with Gasteiger partial charge in [0.05, 0.1) is 33.0 Å². The normalized spacial score (nSPS) is 10.8. The summed E-state index contributed by atoms with van der Waals surface area (Å²) in [4.78, 5) is 0. The zero-order valence-corrected chi connectivity index (χ0v) is 11.1.